The van der Waals surface area contributed by atoms with Crippen LogP contribution in [-0.2, 0) is 6.54 Å². The minimum absolute atomic E-state index is 0. The number of piperazine rings is 1. The van der Waals surface area contributed by atoms with Crippen molar-refractivity contribution >= 4 is 50.9 Å². The summed E-state index contributed by atoms with van der Waals surface area (Å²) in [6.45, 7) is 5.12. The fourth-order valence-electron chi connectivity index (χ4n) is 4.07. The number of halogens is 2. The van der Waals surface area contributed by atoms with Crippen LogP contribution in [-0.4, -0.2) is 37.0 Å². The summed E-state index contributed by atoms with van der Waals surface area (Å²) in [5.41, 5.74) is 4.28. The fourth-order valence-corrected chi connectivity index (χ4v) is 4.46. The molecule has 1 aliphatic heterocycles. The highest BCUT2D eigenvalue weighted by Crippen LogP contribution is 2.33. The highest BCUT2D eigenvalue weighted by atomic mass is 79.9. The van der Waals surface area contributed by atoms with E-state index in [1.165, 1.54) is 5.56 Å². The minimum atomic E-state index is -0.159. The van der Waals surface area contributed by atoms with Crippen LogP contribution in [0, 0.1) is 0 Å². The van der Waals surface area contributed by atoms with Crippen molar-refractivity contribution in [2.24, 2.45) is 0 Å². The van der Waals surface area contributed by atoms with Crippen molar-refractivity contribution in [1.29, 1.82) is 0 Å². The van der Waals surface area contributed by atoms with Gasteiger partial charge in [0, 0.05) is 53.7 Å². The lowest BCUT2D eigenvalue weighted by molar-refractivity contribution is 0.102. The van der Waals surface area contributed by atoms with Crippen molar-refractivity contribution in [3.8, 4) is 11.3 Å². The van der Waals surface area contributed by atoms with Crippen LogP contribution >= 0.6 is 28.3 Å². The summed E-state index contributed by atoms with van der Waals surface area (Å²) in [5.74, 6) is 0.581. The number of amides is 1. The smallest absolute Gasteiger partial charge is 0.255 e. The third-order valence-electron chi connectivity index (χ3n) is 5.73. The Labute approximate surface area is 207 Å². The zero-order valence-corrected chi connectivity index (χ0v) is 20.4. The molecule has 0 radical (unpaired) electrons. The summed E-state index contributed by atoms with van der Waals surface area (Å²) < 4.78 is 7.11. The van der Waals surface area contributed by atoms with Crippen molar-refractivity contribution in [1.82, 2.24) is 10.2 Å². The lowest BCUT2D eigenvalue weighted by atomic mass is 10.1. The Balaban J connectivity index is 0.00000259. The van der Waals surface area contributed by atoms with Gasteiger partial charge < -0.3 is 15.1 Å². The summed E-state index contributed by atoms with van der Waals surface area (Å²) in [6, 6.07) is 23.5. The molecule has 7 heteroatoms. The molecular formula is C26H25BrClN3O2. The number of hydrogen-bond acceptors (Lipinski definition) is 4. The van der Waals surface area contributed by atoms with Crippen LogP contribution in [0.5, 0.6) is 0 Å². The number of hydrogen-bond donors (Lipinski definition) is 2. The van der Waals surface area contributed by atoms with Gasteiger partial charge in [0.05, 0.1) is 5.69 Å². The Hall–Kier alpha value is -2.64. The molecule has 1 fully saturated rings. The Kier molecular flexibility index (Phi) is 7.50. The molecule has 2 N–H and O–H groups in total. The van der Waals surface area contributed by atoms with E-state index in [2.05, 4.69) is 49.7 Å². The number of nitrogens with one attached hydrogen (secondary N) is 2. The molecule has 2 heterocycles. The molecule has 0 bridgehead atoms. The minimum Gasteiger partial charge on any atom is -0.456 e. The number of para-hydroxylation sites is 1. The molecule has 1 aromatic heterocycles. The van der Waals surface area contributed by atoms with Gasteiger partial charge in [0.15, 0.2) is 0 Å². The lowest BCUT2D eigenvalue weighted by Gasteiger charge is -2.27. The number of benzene rings is 3. The molecule has 1 aliphatic rings. The van der Waals surface area contributed by atoms with Crippen LogP contribution in [0.3, 0.4) is 0 Å². The van der Waals surface area contributed by atoms with Crippen LogP contribution < -0.4 is 10.6 Å². The summed E-state index contributed by atoms with van der Waals surface area (Å²) >= 11 is 3.42. The molecule has 0 aliphatic carbocycles. The summed E-state index contributed by atoms with van der Waals surface area (Å²) in [7, 11) is 0. The van der Waals surface area contributed by atoms with Crippen molar-refractivity contribution in [3.63, 3.8) is 0 Å². The largest absolute Gasteiger partial charge is 0.456 e. The van der Waals surface area contributed by atoms with Crippen LogP contribution in [0.1, 0.15) is 15.9 Å². The fraction of sp³-hybridized carbons (Fsp3) is 0.192. The number of nitrogens with zero attached hydrogens (tertiary/aromatic N) is 1. The predicted molar refractivity (Wildman–Crippen MR) is 139 cm³/mol. The van der Waals surface area contributed by atoms with Crippen LogP contribution in [0.4, 0.5) is 5.69 Å². The zero-order valence-electron chi connectivity index (χ0n) is 18.0. The van der Waals surface area contributed by atoms with Gasteiger partial charge in [-0.1, -0.05) is 46.3 Å². The molecule has 5 rings (SSSR count). The second-order valence-electron chi connectivity index (χ2n) is 8.02. The molecule has 5 nitrogen and oxygen atoms in total. The monoisotopic (exact) mass is 525 g/mol. The molecule has 170 valence electrons. The van der Waals surface area contributed by atoms with Gasteiger partial charge in [-0.05, 0) is 48.0 Å². The number of rotatable bonds is 5. The summed E-state index contributed by atoms with van der Waals surface area (Å²) in [6.07, 6.45) is 0. The molecule has 4 aromatic rings. The molecule has 1 saturated heterocycles. The van der Waals surface area contributed by atoms with Crippen LogP contribution in [0.2, 0.25) is 0 Å². The van der Waals surface area contributed by atoms with Gasteiger partial charge in [-0.25, -0.2) is 0 Å². The first-order chi connectivity index (χ1) is 15.7. The quantitative estimate of drug-likeness (QED) is 0.338. The van der Waals surface area contributed by atoms with Crippen molar-refractivity contribution in [2.45, 2.75) is 6.54 Å². The maximum absolute atomic E-state index is 12.8. The van der Waals surface area contributed by atoms with Gasteiger partial charge in [-0.3, -0.25) is 9.69 Å². The molecule has 0 unspecified atom stereocenters. The van der Waals surface area contributed by atoms with Gasteiger partial charge >= 0.3 is 0 Å². The third kappa shape index (κ3) is 5.47. The van der Waals surface area contributed by atoms with E-state index in [4.69, 9.17) is 4.42 Å². The number of fused-ring (bicyclic) bond motifs is 1. The molecule has 3 aromatic carbocycles. The van der Waals surface area contributed by atoms with E-state index in [1.807, 2.05) is 42.5 Å². The van der Waals surface area contributed by atoms with Crippen molar-refractivity contribution in [2.75, 3.05) is 31.5 Å². The van der Waals surface area contributed by atoms with E-state index in [0.29, 0.717) is 5.56 Å². The normalized spacial score (nSPS) is 14.1. The lowest BCUT2D eigenvalue weighted by Crippen LogP contribution is -2.42. The Morgan fingerprint density at radius 1 is 1.00 bits per heavy atom. The predicted octanol–water partition coefficient (Wildman–Crippen LogP) is 5.94. The summed E-state index contributed by atoms with van der Waals surface area (Å²) in [5, 5.41) is 7.47. The summed E-state index contributed by atoms with van der Waals surface area (Å²) in [4.78, 5) is 15.2. The van der Waals surface area contributed by atoms with Gasteiger partial charge in [0.1, 0.15) is 11.3 Å². The Morgan fingerprint density at radius 3 is 2.64 bits per heavy atom. The average Bonchev–Trinajstić information content (AvgIpc) is 3.23. The third-order valence-corrected chi connectivity index (χ3v) is 6.22. The molecule has 33 heavy (non-hydrogen) atoms. The SMILES string of the molecule is Cl.O=C(Nc1ccccc1-c1cc2ccc(CN3CCNCC3)cc2o1)c1cccc(Br)c1. The second kappa shape index (κ2) is 10.5. The first-order valence-corrected chi connectivity index (χ1v) is 11.6. The Morgan fingerprint density at radius 2 is 1.82 bits per heavy atom. The highest BCUT2D eigenvalue weighted by molar-refractivity contribution is 9.10. The number of furan rings is 1. The van der Waals surface area contributed by atoms with E-state index in [1.54, 1.807) is 12.1 Å². The molecule has 0 atom stereocenters. The second-order valence-corrected chi connectivity index (χ2v) is 8.93. The number of anilines is 1. The maximum Gasteiger partial charge on any atom is 0.255 e. The van der Waals surface area contributed by atoms with E-state index in [-0.39, 0.29) is 18.3 Å². The van der Waals surface area contributed by atoms with Crippen molar-refractivity contribution < 1.29 is 9.21 Å². The molecule has 0 spiro atoms. The van der Waals surface area contributed by atoms with Gasteiger partial charge in [0.2, 0.25) is 0 Å². The van der Waals surface area contributed by atoms with Crippen molar-refractivity contribution in [3.05, 3.63) is 88.4 Å². The standard InChI is InChI=1S/C26H24BrN3O2.ClH/c27-21-5-3-4-20(15-21)26(31)29-23-7-2-1-6-22(23)25-16-19-9-8-18(14-24(19)32-25)17-30-12-10-28-11-13-30;/h1-9,14-16,28H,10-13,17H2,(H,29,31);1H. The number of carbonyl (C=O) groups is 1. The average molecular weight is 527 g/mol. The van der Waals surface area contributed by atoms with Gasteiger partial charge in [0.25, 0.3) is 5.91 Å². The molecule has 1 amide bonds. The molecular weight excluding hydrogens is 502 g/mol. The van der Waals surface area contributed by atoms with Crippen LogP contribution in [0.15, 0.2) is 81.7 Å². The van der Waals surface area contributed by atoms with E-state index in [9.17, 15) is 4.79 Å². The zero-order chi connectivity index (χ0) is 21.9. The van der Waals surface area contributed by atoms with E-state index >= 15 is 0 Å². The van der Waals surface area contributed by atoms with Crippen LogP contribution in [0.25, 0.3) is 22.3 Å². The first kappa shape index (κ1) is 23.5. The topological polar surface area (TPSA) is 57.5 Å². The molecule has 0 saturated carbocycles. The maximum atomic E-state index is 12.8. The van der Waals surface area contributed by atoms with Gasteiger partial charge in [-0.2, -0.15) is 0 Å². The first-order valence-electron chi connectivity index (χ1n) is 10.8. The van der Waals surface area contributed by atoms with E-state index < -0.39 is 0 Å². The van der Waals surface area contributed by atoms with Gasteiger partial charge in [-0.15, -0.1) is 12.4 Å². The van der Waals surface area contributed by atoms with E-state index in [0.717, 1.165) is 65.2 Å². The highest BCUT2D eigenvalue weighted by Gasteiger charge is 2.15. The Bertz CT molecular complexity index is 1270. The number of carbonyl (C=O) groups excluding carboxylic acids is 1.